The molecule has 5 heteroatoms. The highest BCUT2D eigenvalue weighted by Crippen LogP contribution is 2.01. The first-order chi connectivity index (χ1) is 7.20. The molecule has 15 heavy (non-hydrogen) atoms. The van der Waals surface area contributed by atoms with Crippen molar-refractivity contribution in [3.63, 3.8) is 0 Å². The average Bonchev–Trinajstić information content (AvgIpc) is 2.22. The number of ether oxygens (including phenoxy) is 3. The lowest BCUT2D eigenvalue weighted by Gasteiger charge is -2.12. The Morgan fingerprint density at radius 2 is 1.87 bits per heavy atom. The molecule has 0 rings (SSSR count). The lowest BCUT2D eigenvalue weighted by Crippen LogP contribution is -2.17. The van der Waals surface area contributed by atoms with Gasteiger partial charge in [-0.25, -0.2) is 0 Å². The van der Waals surface area contributed by atoms with E-state index in [9.17, 15) is 0 Å². The molecule has 0 spiro atoms. The van der Waals surface area contributed by atoms with Gasteiger partial charge in [-0.3, -0.25) is 4.90 Å². The van der Waals surface area contributed by atoms with Crippen LogP contribution in [0.2, 0.25) is 12.1 Å². The summed E-state index contributed by atoms with van der Waals surface area (Å²) in [5, 5.41) is 0. The van der Waals surface area contributed by atoms with Crippen LogP contribution in [0, 0.1) is 0 Å². The van der Waals surface area contributed by atoms with Crippen LogP contribution in [0.1, 0.15) is 6.42 Å². The molecule has 0 aliphatic heterocycles. The largest absolute Gasteiger partial charge is 0.366 e. The normalized spacial score (nSPS) is 12.4. The fourth-order valence-electron chi connectivity index (χ4n) is 1.27. The second-order valence-electron chi connectivity index (χ2n) is 3.87. The number of nitrogens with zero attached hydrogens (tertiary/aromatic N) is 1. The first-order valence-electron chi connectivity index (χ1n) is 5.48. The molecule has 0 amide bonds. The molecule has 0 aromatic carbocycles. The second kappa shape index (κ2) is 10.6. The molecule has 0 aliphatic rings. The molecule has 0 saturated heterocycles. The van der Waals surface area contributed by atoms with Crippen LogP contribution in [0.3, 0.4) is 0 Å². The maximum atomic E-state index is 5.44. The lowest BCUT2D eigenvalue weighted by molar-refractivity contribution is -0.0876. The third-order valence-corrected chi connectivity index (χ3v) is 3.98. The summed E-state index contributed by atoms with van der Waals surface area (Å²) in [5.74, 6) is 0. The molecule has 0 fully saturated rings. The molecule has 0 heterocycles. The van der Waals surface area contributed by atoms with Crippen molar-refractivity contribution in [2.45, 2.75) is 24.8 Å². The first-order valence-corrected chi connectivity index (χ1v) is 7.48. The van der Waals surface area contributed by atoms with Crippen LogP contribution >= 0.6 is 0 Å². The van der Waals surface area contributed by atoms with Crippen LogP contribution in [0.15, 0.2) is 0 Å². The van der Waals surface area contributed by atoms with Crippen LogP contribution in [-0.2, 0) is 14.2 Å². The summed E-state index contributed by atoms with van der Waals surface area (Å²) < 4.78 is 15.7. The number of hydrogen-bond donors (Lipinski definition) is 0. The van der Waals surface area contributed by atoms with E-state index in [-0.39, 0.29) is 15.8 Å². The molecule has 0 unspecified atom stereocenters. The van der Waals surface area contributed by atoms with E-state index in [1.54, 1.807) is 14.2 Å². The van der Waals surface area contributed by atoms with Crippen molar-refractivity contribution >= 4 is 9.52 Å². The Kier molecular flexibility index (Phi) is 10.6. The van der Waals surface area contributed by atoms with Crippen LogP contribution < -0.4 is 0 Å². The van der Waals surface area contributed by atoms with Gasteiger partial charge in [0.05, 0.1) is 6.73 Å². The van der Waals surface area contributed by atoms with Crippen molar-refractivity contribution in [2.75, 3.05) is 41.7 Å². The molecule has 0 saturated carbocycles. The average molecular weight is 235 g/mol. The van der Waals surface area contributed by atoms with E-state index in [4.69, 9.17) is 14.2 Å². The van der Waals surface area contributed by atoms with Gasteiger partial charge in [-0.05, 0) is 26.6 Å². The molecule has 4 nitrogen and oxygen atoms in total. The Bertz CT molecular complexity index is 132. The van der Waals surface area contributed by atoms with Gasteiger partial charge in [0.1, 0.15) is 0 Å². The van der Waals surface area contributed by atoms with Crippen molar-refractivity contribution in [1.29, 1.82) is 0 Å². The number of methoxy groups -OCH3 is 2. The Labute approximate surface area is 95.7 Å². The Morgan fingerprint density at radius 3 is 2.40 bits per heavy atom. The molecule has 0 atom stereocenters. The second-order valence-corrected chi connectivity index (χ2v) is 5.86. The van der Waals surface area contributed by atoms with Gasteiger partial charge in [0.2, 0.25) is 0 Å². The monoisotopic (exact) mass is 235 g/mol. The van der Waals surface area contributed by atoms with E-state index in [2.05, 4.69) is 0 Å². The van der Waals surface area contributed by atoms with E-state index >= 15 is 0 Å². The summed E-state index contributed by atoms with van der Waals surface area (Å²) in [6, 6.07) is 2.40. The number of rotatable bonds is 10. The predicted molar refractivity (Wildman–Crippen MR) is 65.1 cm³/mol. The predicted octanol–water partition coefficient (Wildman–Crippen LogP) is 0.536. The minimum absolute atomic E-state index is 0.0133. The van der Waals surface area contributed by atoms with Gasteiger partial charge in [0.15, 0.2) is 6.29 Å². The molecule has 0 aliphatic carbocycles. The maximum Gasteiger partial charge on any atom is 0.153 e. The molecule has 92 valence electrons. The summed E-state index contributed by atoms with van der Waals surface area (Å²) in [6.45, 7) is 1.59. The summed E-state index contributed by atoms with van der Waals surface area (Å²) in [6.07, 6.45) is 1.18. The summed E-state index contributed by atoms with van der Waals surface area (Å²) in [4.78, 5) is 2.03. The molecular weight excluding hydrogens is 210 g/mol. The van der Waals surface area contributed by atoms with Gasteiger partial charge < -0.3 is 14.2 Å². The quantitative estimate of drug-likeness (QED) is 0.314. The minimum Gasteiger partial charge on any atom is -0.366 e. The highest BCUT2D eigenvalue weighted by Gasteiger charge is 2.03. The van der Waals surface area contributed by atoms with Crippen molar-refractivity contribution in [3.05, 3.63) is 0 Å². The summed E-state index contributed by atoms with van der Waals surface area (Å²) >= 11 is 0. The van der Waals surface area contributed by atoms with E-state index in [1.165, 1.54) is 12.5 Å². The van der Waals surface area contributed by atoms with E-state index in [0.29, 0.717) is 0 Å². The molecule has 0 aromatic rings. The highest BCUT2D eigenvalue weighted by atomic mass is 28.2. The molecule has 0 N–H and O–H groups in total. The Morgan fingerprint density at radius 1 is 1.20 bits per heavy atom. The Hall–Kier alpha value is 0.0569. The van der Waals surface area contributed by atoms with Gasteiger partial charge >= 0.3 is 0 Å². The zero-order chi connectivity index (χ0) is 11.5. The fourth-order valence-corrected chi connectivity index (χ4v) is 2.92. The number of hydrogen-bond acceptors (Lipinski definition) is 4. The fraction of sp³-hybridized carbons (Fsp3) is 1.00. The molecule has 0 aromatic heterocycles. The first kappa shape index (κ1) is 15.1. The zero-order valence-corrected chi connectivity index (χ0v) is 11.9. The highest BCUT2D eigenvalue weighted by molar-refractivity contribution is 6.35. The van der Waals surface area contributed by atoms with Crippen molar-refractivity contribution in [3.8, 4) is 0 Å². The SMILES string of the molecule is COC(C[SiH2]CCCOCN(C)C)OC. The van der Waals surface area contributed by atoms with Crippen LogP contribution in [0.5, 0.6) is 0 Å². The molecule has 0 radical (unpaired) electrons. The summed E-state index contributed by atoms with van der Waals surface area (Å²) in [5.41, 5.74) is 0. The third-order valence-electron chi connectivity index (χ3n) is 2.10. The lowest BCUT2D eigenvalue weighted by atomic mass is 10.5. The summed E-state index contributed by atoms with van der Waals surface area (Å²) in [7, 11) is 7.37. The van der Waals surface area contributed by atoms with Crippen molar-refractivity contribution in [2.24, 2.45) is 0 Å². The van der Waals surface area contributed by atoms with Crippen LogP contribution in [0.25, 0.3) is 0 Å². The van der Waals surface area contributed by atoms with Crippen LogP contribution in [0.4, 0.5) is 0 Å². The maximum absolute atomic E-state index is 5.44. The minimum atomic E-state index is -0.0491. The van der Waals surface area contributed by atoms with Gasteiger partial charge in [-0.2, -0.15) is 0 Å². The van der Waals surface area contributed by atoms with Gasteiger partial charge in [-0.15, -0.1) is 0 Å². The third kappa shape index (κ3) is 10.3. The van der Waals surface area contributed by atoms with E-state index in [1.807, 2.05) is 19.0 Å². The smallest absolute Gasteiger partial charge is 0.153 e. The standard InChI is InChI=1S/C10H25NO3Si/c1-11(2)9-14-6-5-7-15-8-10(12-3)13-4/h10H,5-9,15H2,1-4H3. The zero-order valence-electron chi connectivity index (χ0n) is 10.5. The van der Waals surface area contributed by atoms with Crippen LogP contribution in [-0.4, -0.2) is 62.4 Å². The van der Waals surface area contributed by atoms with Crippen molar-refractivity contribution in [1.82, 2.24) is 4.90 Å². The van der Waals surface area contributed by atoms with E-state index < -0.39 is 0 Å². The van der Waals surface area contributed by atoms with Crippen molar-refractivity contribution < 1.29 is 14.2 Å². The topological polar surface area (TPSA) is 30.9 Å². The Balaban J connectivity index is 3.10. The van der Waals surface area contributed by atoms with Gasteiger partial charge in [-0.1, -0.05) is 6.04 Å². The molecular formula is C10H25NO3Si. The van der Waals surface area contributed by atoms with Gasteiger partial charge in [0, 0.05) is 30.3 Å². The van der Waals surface area contributed by atoms with Gasteiger partial charge in [0.25, 0.3) is 0 Å². The molecule has 0 bridgehead atoms. The van der Waals surface area contributed by atoms with E-state index in [0.717, 1.165) is 19.4 Å².